The number of morpholine rings is 1. The summed E-state index contributed by atoms with van der Waals surface area (Å²) in [5.41, 5.74) is 0.552. The molecule has 2 fully saturated rings. The summed E-state index contributed by atoms with van der Waals surface area (Å²) in [6.45, 7) is 2.85. The van der Waals surface area contributed by atoms with Gasteiger partial charge in [0.05, 0.1) is 18.2 Å². The number of nitrogens with zero attached hydrogens (tertiary/aromatic N) is 4. The smallest absolute Gasteiger partial charge is 0.257 e. The number of carbonyl (C=O) groups excluding carboxylic acids is 1. The Hall–Kier alpha value is -2.48. The lowest BCUT2D eigenvalue weighted by molar-refractivity contribution is -0.0810. The highest BCUT2D eigenvalue weighted by atomic mass is 16.5. The van der Waals surface area contributed by atoms with E-state index in [1.165, 1.54) is 0 Å². The van der Waals surface area contributed by atoms with Crippen molar-refractivity contribution in [2.24, 2.45) is 0 Å². The van der Waals surface area contributed by atoms with Crippen molar-refractivity contribution in [3.05, 3.63) is 35.6 Å². The van der Waals surface area contributed by atoms with Crippen LogP contribution in [0.2, 0.25) is 0 Å². The summed E-state index contributed by atoms with van der Waals surface area (Å²) in [5, 5.41) is 6.98. The number of anilines is 1. The maximum absolute atomic E-state index is 12.8. The number of aromatic nitrogens is 3. The van der Waals surface area contributed by atoms with E-state index in [1.54, 1.807) is 30.3 Å². The molecule has 132 valence electrons. The van der Waals surface area contributed by atoms with Gasteiger partial charge in [-0.1, -0.05) is 5.16 Å². The molecule has 1 amide bonds. The molecule has 0 unspecified atom stereocenters. The molecule has 2 aliphatic rings. The normalized spacial score (nSPS) is 23.5. The monoisotopic (exact) mass is 343 g/mol. The van der Waals surface area contributed by atoms with Crippen LogP contribution in [-0.2, 0) is 4.74 Å². The second-order valence-electron chi connectivity index (χ2n) is 6.59. The second kappa shape index (κ2) is 6.44. The highest BCUT2D eigenvalue weighted by Crippen LogP contribution is 2.39. The molecule has 0 spiro atoms. The quantitative estimate of drug-likeness (QED) is 0.907. The Bertz CT molecular complexity index is 756. The summed E-state index contributed by atoms with van der Waals surface area (Å²) in [7, 11) is 1.79. The zero-order valence-corrected chi connectivity index (χ0v) is 14.3. The molecule has 1 saturated carbocycles. The van der Waals surface area contributed by atoms with E-state index in [2.05, 4.69) is 20.4 Å². The fourth-order valence-electron chi connectivity index (χ4n) is 2.99. The number of rotatable bonds is 4. The van der Waals surface area contributed by atoms with Crippen molar-refractivity contribution in [1.29, 1.82) is 0 Å². The van der Waals surface area contributed by atoms with Gasteiger partial charge in [0.1, 0.15) is 5.82 Å². The lowest BCUT2D eigenvalue weighted by Crippen LogP contribution is -2.46. The molecule has 2 aromatic heterocycles. The summed E-state index contributed by atoms with van der Waals surface area (Å²) >= 11 is 0. The van der Waals surface area contributed by atoms with Crippen molar-refractivity contribution in [1.82, 2.24) is 20.0 Å². The first-order valence-corrected chi connectivity index (χ1v) is 8.56. The summed E-state index contributed by atoms with van der Waals surface area (Å²) in [5.74, 6) is 2.28. The van der Waals surface area contributed by atoms with E-state index in [1.807, 2.05) is 6.92 Å². The number of hydrogen-bond acceptors (Lipinski definition) is 7. The van der Waals surface area contributed by atoms with E-state index in [-0.39, 0.29) is 12.0 Å². The Balaban J connectivity index is 1.49. The van der Waals surface area contributed by atoms with Crippen LogP contribution >= 0.6 is 0 Å². The molecule has 8 heteroatoms. The van der Waals surface area contributed by atoms with E-state index < -0.39 is 6.10 Å². The molecule has 25 heavy (non-hydrogen) atoms. The number of amides is 1. The van der Waals surface area contributed by atoms with Crippen molar-refractivity contribution in [3.8, 4) is 0 Å². The largest absolute Gasteiger partial charge is 0.373 e. The first kappa shape index (κ1) is 16.0. The average molecular weight is 343 g/mol. The standard InChI is InChI=1S/C17H21N5O3/c1-10-8-22(17(23)12-5-6-14(18-2)19-7-12)9-13(24-10)16-20-15(21-25-16)11-3-4-11/h5-7,10-11,13H,3-4,8-9H2,1-2H3,(H,18,19)/t10-,13-/m1/s1. The zero-order valence-electron chi connectivity index (χ0n) is 14.3. The molecule has 3 heterocycles. The third kappa shape index (κ3) is 3.34. The van der Waals surface area contributed by atoms with Crippen LogP contribution < -0.4 is 5.32 Å². The van der Waals surface area contributed by atoms with Gasteiger partial charge in [-0.25, -0.2) is 4.98 Å². The highest BCUT2D eigenvalue weighted by molar-refractivity contribution is 5.94. The molecule has 1 aliphatic heterocycles. The third-order valence-electron chi connectivity index (χ3n) is 4.49. The Morgan fingerprint density at radius 2 is 2.16 bits per heavy atom. The van der Waals surface area contributed by atoms with Crippen LogP contribution in [0.25, 0.3) is 0 Å². The van der Waals surface area contributed by atoms with Crippen LogP contribution in [-0.4, -0.2) is 52.2 Å². The fraction of sp³-hybridized carbons (Fsp3) is 0.529. The van der Waals surface area contributed by atoms with E-state index in [0.717, 1.165) is 24.5 Å². The Morgan fingerprint density at radius 1 is 1.32 bits per heavy atom. The molecule has 4 rings (SSSR count). The first-order valence-electron chi connectivity index (χ1n) is 8.56. The molecule has 0 aromatic carbocycles. The van der Waals surface area contributed by atoms with E-state index in [4.69, 9.17) is 9.26 Å². The molecule has 0 radical (unpaired) electrons. The highest BCUT2D eigenvalue weighted by Gasteiger charge is 2.35. The number of ether oxygens (including phenoxy) is 1. The summed E-state index contributed by atoms with van der Waals surface area (Å²) in [4.78, 5) is 23.2. The second-order valence-corrected chi connectivity index (χ2v) is 6.59. The topological polar surface area (TPSA) is 93.4 Å². The molecule has 1 aliphatic carbocycles. The minimum Gasteiger partial charge on any atom is -0.373 e. The molecule has 0 bridgehead atoms. The first-order chi connectivity index (χ1) is 12.1. The maximum Gasteiger partial charge on any atom is 0.257 e. The van der Waals surface area contributed by atoms with Gasteiger partial charge in [0.25, 0.3) is 11.8 Å². The van der Waals surface area contributed by atoms with E-state index >= 15 is 0 Å². The van der Waals surface area contributed by atoms with Gasteiger partial charge in [0.2, 0.25) is 0 Å². The lowest BCUT2D eigenvalue weighted by atomic mass is 10.1. The molecular formula is C17H21N5O3. The fourth-order valence-corrected chi connectivity index (χ4v) is 2.99. The van der Waals surface area contributed by atoms with Gasteiger partial charge in [-0.3, -0.25) is 4.79 Å². The van der Waals surface area contributed by atoms with E-state index in [9.17, 15) is 4.79 Å². The maximum atomic E-state index is 12.8. The van der Waals surface area contributed by atoms with Gasteiger partial charge in [-0.05, 0) is 31.9 Å². The van der Waals surface area contributed by atoms with Crippen LogP contribution in [0.3, 0.4) is 0 Å². The molecular weight excluding hydrogens is 322 g/mol. The predicted octanol–water partition coefficient (Wildman–Crippen LogP) is 1.99. The van der Waals surface area contributed by atoms with Crippen LogP contribution in [0, 0.1) is 0 Å². The van der Waals surface area contributed by atoms with Crippen LogP contribution in [0.4, 0.5) is 5.82 Å². The van der Waals surface area contributed by atoms with Gasteiger partial charge < -0.3 is 19.5 Å². The Morgan fingerprint density at radius 3 is 2.84 bits per heavy atom. The summed E-state index contributed by atoms with van der Waals surface area (Å²) in [6, 6.07) is 3.56. The molecule has 8 nitrogen and oxygen atoms in total. The van der Waals surface area contributed by atoms with E-state index in [0.29, 0.717) is 30.5 Å². The van der Waals surface area contributed by atoms with Crippen LogP contribution in [0.5, 0.6) is 0 Å². The van der Waals surface area contributed by atoms with Crippen molar-refractivity contribution in [2.45, 2.75) is 37.9 Å². The van der Waals surface area contributed by atoms with Gasteiger partial charge >= 0.3 is 0 Å². The van der Waals surface area contributed by atoms with Gasteiger partial charge in [0, 0.05) is 25.7 Å². The van der Waals surface area contributed by atoms with Gasteiger partial charge in [-0.15, -0.1) is 0 Å². The minimum absolute atomic E-state index is 0.0720. The number of hydrogen-bond donors (Lipinski definition) is 1. The molecule has 2 aromatic rings. The SMILES string of the molecule is CNc1ccc(C(=O)N2C[C@@H](C)O[C@@H](c3nc(C4CC4)no3)C2)cn1. The third-order valence-corrected chi connectivity index (χ3v) is 4.49. The molecule has 1 saturated heterocycles. The van der Waals surface area contributed by atoms with Crippen LogP contribution in [0.15, 0.2) is 22.9 Å². The summed E-state index contributed by atoms with van der Waals surface area (Å²) < 4.78 is 11.3. The molecule has 1 N–H and O–H groups in total. The minimum atomic E-state index is -0.391. The molecule has 2 atom stereocenters. The number of carbonyl (C=O) groups is 1. The Labute approximate surface area is 145 Å². The predicted molar refractivity (Wildman–Crippen MR) is 89.2 cm³/mol. The number of nitrogens with one attached hydrogen (secondary N) is 1. The van der Waals surface area contributed by atoms with Crippen molar-refractivity contribution < 1.29 is 14.1 Å². The van der Waals surface area contributed by atoms with Crippen molar-refractivity contribution >= 4 is 11.7 Å². The van der Waals surface area contributed by atoms with Crippen molar-refractivity contribution in [2.75, 3.05) is 25.5 Å². The lowest BCUT2D eigenvalue weighted by Gasteiger charge is -2.35. The average Bonchev–Trinajstić information content (AvgIpc) is 3.37. The Kier molecular flexibility index (Phi) is 4.12. The summed E-state index contributed by atoms with van der Waals surface area (Å²) in [6.07, 6.45) is 3.31. The van der Waals surface area contributed by atoms with Crippen molar-refractivity contribution in [3.63, 3.8) is 0 Å². The number of pyridine rings is 1. The van der Waals surface area contributed by atoms with Crippen LogP contribution in [0.1, 0.15) is 53.9 Å². The van der Waals surface area contributed by atoms with Gasteiger partial charge in [0.15, 0.2) is 11.9 Å². The van der Waals surface area contributed by atoms with Gasteiger partial charge in [-0.2, -0.15) is 4.98 Å². The zero-order chi connectivity index (χ0) is 17.4.